The number of rotatable bonds is 3. The summed E-state index contributed by atoms with van der Waals surface area (Å²) in [5, 5.41) is 25.0. The van der Waals surface area contributed by atoms with Crippen LogP contribution in [-0.2, 0) is 16.1 Å². The van der Waals surface area contributed by atoms with Crippen molar-refractivity contribution < 1.29 is 14.6 Å². The lowest BCUT2D eigenvalue weighted by Crippen LogP contribution is -2.65. The average Bonchev–Trinajstić information content (AvgIpc) is 3.19. The SMILES string of the molecule is C[C@]12C[C@H]3O[C@@H]3[C@H]1CC[C@@H]1[C@H]3[C@@H](CCC[C@@]3(C)O)CC[C@]12C(=O)Cn1cc(C#N)cn1. The molecule has 1 saturated heterocycles. The van der Waals surface area contributed by atoms with E-state index in [2.05, 4.69) is 18.1 Å². The third kappa shape index (κ3) is 2.57. The number of hydrogen-bond donors (Lipinski definition) is 1. The summed E-state index contributed by atoms with van der Waals surface area (Å²) in [4.78, 5) is 14.3. The molecular weight excluding hydrogens is 390 g/mol. The molecule has 9 atom stereocenters. The van der Waals surface area contributed by atoms with Gasteiger partial charge >= 0.3 is 0 Å². The van der Waals surface area contributed by atoms with Gasteiger partial charge in [-0.1, -0.05) is 13.3 Å². The van der Waals surface area contributed by atoms with E-state index in [4.69, 9.17) is 4.74 Å². The molecule has 6 nitrogen and oxygen atoms in total. The summed E-state index contributed by atoms with van der Waals surface area (Å²) < 4.78 is 7.61. The lowest BCUT2D eigenvalue weighted by atomic mass is 9.38. The number of epoxide rings is 1. The Morgan fingerprint density at radius 3 is 2.87 bits per heavy atom. The Morgan fingerprint density at radius 1 is 1.29 bits per heavy atom. The van der Waals surface area contributed by atoms with Gasteiger partial charge in [0.05, 0.1) is 29.6 Å². The van der Waals surface area contributed by atoms with Gasteiger partial charge < -0.3 is 9.84 Å². The van der Waals surface area contributed by atoms with Crippen molar-refractivity contribution in [2.75, 3.05) is 0 Å². The number of aliphatic hydroxyl groups is 1. The Kier molecular flexibility index (Phi) is 4.13. The van der Waals surface area contributed by atoms with E-state index in [0.717, 1.165) is 44.9 Å². The van der Waals surface area contributed by atoms with Gasteiger partial charge in [-0.25, -0.2) is 0 Å². The molecule has 5 fully saturated rings. The van der Waals surface area contributed by atoms with Gasteiger partial charge in [0.25, 0.3) is 0 Å². The normalized spacial score (nSPS) is 49.9. The molecule has 0 amide bonds. The number of nitrogens with zero attached hydrogens (tertiary/aromatic N) is 3. The van der Waals surface area contributed by atoms with Gasteiger partial charge in [0.1, 0.15) is 12.6 Å². The van der Waals surface area contributed by atoms with E-state index in [0.29, 0.717) is 29.6 Å². The van der Waals surface area contributed by atoms with Gasteiger partial charge in [0, 0.05) is 11.6 Å². The van der Waals surface area contributed by atoms with Crippen LogP contribution in [0.25, 0.3) is 0 Å². The first-order chi connectivity index (χ1) is 14.8. The molecule has 6 rings (SSSR count). The van der Waals surface area contributed by atoms with Crippen molar-refractivity contribution in [3.8, 4) is 6.07 Å². The molecule has 4 aliphatic carbocycles. The monoisotopic (exact) mass is 423 g/mol. The third-order valence-corrected chi connectivity index (χ3v) is 10.3. The number of carbonyl (C=O) groups excluding carboxylic acids is 1. The Balaban J connectivity index is 1.43. The van der Waals surface area contributed by atoms with Crippen molar-refractivity contribution in [3.05, 3.63) is 18.0 Å². The van der Waals surface area contributed by atoms with Gasteiger partial charge in [-0.15, -0.1) is 0 Å². The van der Waals surface area contributed by atoms with E-state index in [1.807, 2.05) is 6.92 Å². The third-order valence-electron chi connectivity index (χ3n) is 10.3. The number of nitriles is 1. The van der Waals surface area contributed by atoms with Crippen molar-refractivity contribution in [1.29, 1.82) is 5.26 Å². The molecule has 0 aromatic carbocycles. The zero-order valence-corrected chi connectivity index (χ0v) is 18.6. The van der Waals surface area contributed by atoms with E-state index in [-0.39, 0.29) is 29.6 Å². The van der Waals surface area contributed by atoms with Crippen molar-refractivity contribution in [2.45, 2.75) is 89.6 Å². The zero-order chi connectivity index (χ0) is 21.6. The second-order valence-electron chi connectivity index (χ2n) is 11.6. The molecule has 0 bridgehead atoms. The largest absolute Gasteiger partial charge is 0.390 e. The molecule has 0 unspecified atom stereocenters. The Bertz CT molecular complexity index is 963. The molecule has 1 aromatic rings. The molecule has 1 N–H and O–H groups in total. The van der Waals surface area contributed by atoms with Gasteiger partial charge in [-0.3, -0.25) is 9.48 Å². The average molecular weight is 424 g/mol. The fourth-order valence-corrected chi connectivity index (χ4v) is 9.12. The van der Waals surface area contributed by atoms with Crippen LogP contribution in [0.15, 0.2) is 12.4 Å². The van der Waals surface area contributed by atoms with Gasteiger partial charge in [0.15, 0.2) is 5.78 Å². The molecular formula is C25H33N3O3. The highest BCUT2D eigenvalue weighted by Gasteiger charge is 2.74. The van der Waals surface area contributed by atoms with Crippen LogP contribution >= 0.6 is 0 Å². The molecule has 5 aliphatic rings. The van der Waals surface area contributed by atoms with Gasteiger partial charge in [-0.2, -0.15) is 10.4 Å². The number of fused-ring (bicyclic) bond motifs is 7. The van der Waals surface area contributed by atoms with Crippen LogP contribution in [0.2, 0.25) is 0 Å². The smallest absolute Gasteiger partial charge is 0.161 e. The predicted octanol–water partition coefficient (Wildman–Crippen LogP) is 3.47. The highest BCUT2D eigenvalue weighted by Crippen LogP contribution is 2.74. The summed E-state index contributed by atoms with van der Waals surface area (Å²) in [5.41, 5.74) is -0.720. The molecule has 0 spiro atoms. The van der Waals surface area contributed by atoms with Crippen LogP contribution in [0.1, 0.15) is 70.8 Å². The topological polar surface area (TPSA) is 91.4 Å². The van der Waals surface area contributed by atoms with Crippen molar-refractivity contribution in [2.24, 2.45) is 34.5 Å². The summed E-state index contributed by atoms with van der Waals surface area (Å²) in [6.45, 7) is 4.61. The molecule has 0 radical (unpaired) electrons. The lowest BCUT2D eigenvalue weighted by molar-refractivity contribution is -0.208. The molecule has 31 heavy (non-hydrogen) atoms. The number of ether oxygens (including phenoxy) is 1. The van der Waals surface area contributed by atoms with E-state index >= 15 is 0 Å². The summed E-state index contributed by atoms with van der Waals surface area (Å²) in [7, 11) is 0. The van der Waals surface area contributed by atoms with Crippen LogP contribution < -0.4 is 0 Å². The van der Waals surface area contributed by atoms with E-state index in [1.54, 1.807) is 10.9 Å². The summed E-state index contributed by atoms with van der Waals surface area (Å²) in [6.07, 6.45) is 12.0. The standard InChI is InChI=1S/C25H33N3O3/c1-23-10-19-22(31-19)18(23)6-5-17-21-16(4-3-8-24(21,2)30)7-9-25(17,23)20(29)14-28-13-15(11-26)12-27-28/h12-13,16-19,21-22,30H,3-10,14H2,1-2H3/t16-,17+,18+,19+,21+,22+,23-,24+,25+/m0/s1. The summed E-state index contributed by atoms with van der Waals surface area (Å²) >= 11 is 0. The Hall–Kier alpha value is -1.71. The second kappa shape index (κ2) is 6.42. The van der Waals surface area contributed by atoms with E-state index in [1.165, 1.54) is 12.6 Å². The minimum Gasteiger partial charge on any atom is -0.390 e. The van der Waals surface area contributed by atoms with Crippen LogP contribution in [0, 0.1) is 45.8 Å². The fraction of sp³-hybridized carbons (Fsp3) is 0.800. The number of Topliss-reactive ketones (excluding diaryl/α,β-unsaturated/α-hetero) is 1. The van der Waals surface area contributed by atoms with E-state index < -0.39 is 11.0 Å². The first kappa shape index (κ1) is 19.9. The number of aromatic nitrogens is 2. The molecule has 166 valence electrons. The highest BCUT2D eigenvalue weighted by molar-refractivity contribution is 5.86. The molecule has 4 saturated carbocycles. The summed E-state index contributed by atoms with van der Waals surface area (Å²) in [6, 6.07) is 2.11. The minimum atomic E-state index is -0.694. The highest BCUT2D eigenvalue weighted by atomic mass is 16.6. The number of ketones is 1. The lowest BCUT2D eigenvalue weighted by Gasteiger charge is -2.65. The fourth-order valence-electron chi connectivity index (χ4n) is 9.12. The maximum Gasteiger partial charge on any atom is 0.161 e. The molecule has 6 heteroatoms. The molecule has 2 heterocycles. The minimum absolute atomic E-state index is 0.0791. The predicted molar refractivity (Wildman–Crippen MR) is 113 cm³/mol. The van der Waals surface area contributed by atoms with Crippen LogP contribution in [0.3, 0.4) is 0 Å². The maximum absolute atomic E-state index is 14.3. The van der Waals surface area contributed by atoms with Crippen LogP contribution in [0.4, 0.5) is 0 Å². The van der Waals surface area contributed by atoms with Gasteiger partial charge in [0.2, 0.25) is 0 Å². The maximum atomic E-state index is 14.3. The van der Waals surface area contributed by atoms with Gasteiger partial charge in [-0.05, 0) is 81.0 Å². The van der Waals surface area contributed by atoms with Crippen molar-refractivity contribution in [3.63, 3.8) is 0 Å². The quantitative estimate of drug-likeness (QED) is 0.752. The van der Waals surface area contributed by atoms with Crippen LogP contribution in [-0.4, -0.2) is 38.5 Å². The Labute approximate surface area is 184 Å². The first-order valence-corrected chi connectivity index (χ1v) is 12.1. The molecule has 1 aromatic heterocycles. The second-order valence-corrected chi connectivity index (χ2v) is 11.6. The zero-order valence-electron chi connectivity index (χ0n) is 18.6. The van der Waals surface area contributed by atoms with Crippen molar-refractivity contribution >= 4 is 5.78 Å². The Morgan fingerprint density at radius 2 is 2.10 bits per heavy atom. The number of carbonyl (C=O) groups is 1. The van der Waals surface area contributed by atoms with Crippen LogP contribution in [0.5, 0.6) is 0 Å². The molecule has 1 aliphatic heterocycles. The van der Waals surface area contributed by atoms with E-state index in [9.17, 15) is 15.2 Å². The first-order valence-electron chi connectivity index (χ1n) is 12.1. The van der Waals surface area contributed by atoms with Crippen molar-refractivity contribution in [1.82, 2.24) is 9.78 Å². The summed E-state index contributed by atoms with van der Waals surface area (Å²) in [5.74, 6) is 1.64. The number of hydrogen-bond acceptors (Lipinski definition) is 5.